The molecule has 21 heavy (non-hydrogen) atoms. The van der Waals surface area contributed by atoms with E-state index in [0.717, 1.165) is 46.5 Å². The Hall–Kier alpha value is -2.49. The molecule has 0 fully saturated rings. The SMILES string of the molecule is CCCNc1ncnc(-c2cccc3ncccc23)c1C. The number of benzene rings is 1. The van der Waals surface area contributed by atoms with Gasteiger partial charge in [-0.1, -0.05) is 25.1 Å². The van der Waals surface area contributed by atoms with Crippen molar-refractivity contribution in [3.63, 3.8) is 0 Å². The van der Waals surface area contributed by atoms with Gasteiger partial charge in [-0.25, -0.2) is 9.97 Å². The van der Waals surface area contributed by atoms with Gasteiger partial charge in [0, 0.05) is 29.3 Å². The fourth-order valence-electron chi connectivity index (χ4n) is 2.45. The van der Waals surface area contributed by atoms with Crippen LogP contribution in [0.15, 0.2) is 42.9 Å². The van der Waals surface area contributed by atoms with Crippen LogP contribution < -0.4 is 5.32 Å². The van der Waals surface area contributed by atoms with E-state index in [1.807, 2.05) is 24.4 Å². The Labute approximate surface area is 124 Å². The summed E-state index contributed by atoms with van der Waals surface area (Å²) in [5.74, 6) is 0.905. The third-order valence-corrected chi connectivity index (χ3v) is 3.53. The fraction of sp³-hybridized carbons (Fsp3) is 0.235. The maximum atomic E-state index is 4.49. The van der Waals surface area contributed by atoms with E-state index in [4.69, 9.17) is 0 Å². The van der Waals surface area contributed by atoms with Crippen molar-refractivity contribution in [2.75, 3.05) is 11.9 Å². The molecule has 0 spiro atoms. The molecule has 106 valence electrons. The van der Waals surface area contributed by atoms with Crippen LogP contribution in [0.25, 0.3) is 22.2 Å². The van der Waals surface area contributed by atoms with Gasteiger partial charge in [-0.05, 0) is 25.5 Å². The first-order valence-electron chi connectivity index (χ1n) is 7.21. The molecule has 3 rings (SSSR count). The third-order valence-electron chi connectivity index (χ3n) is 3.53. The summed E-state index contributed by atoms with van der Waals surface area (Å²) in [4.78, 5) is 13.2. The average Bonchev–Trinajstić information content (AvgIpc) is 2.53. The summed E-state index contributed by atoms with van der Waals surface area (Å²) in [7, 11) is 0. The van der Waals surface area contributed by atoms with Gasteiger partial charge in [0.25, 0.3) is 0 Å². The molecular weight excluding hydrogens is 260 g/mol. The number of nitrogens with zero attached hydrogens (tertiary/aromatic N) is 3. The first kappa shape index (κ1) is 13.5. The lowest BCUT2D eigenvalue weighted by molar-refractivity contribution is 0.960. The van der Waals surface area contributed by atoms with Crippen LogP contribution in [0.5, 0.6) is 0 Å². The van der Waals surface area contributed by atoms with Crippen molar-refractivity contribution in [3.8, 4) is 11.3 Å². The van der Waals surface area contributed by atoms with Crippen LogP contribution in [0.3, 0.4) is 0 Å². The van der Waals surface area contributed by atoms with Gasteiger partial charge < -0.3 is 5.32 Å². The summed E-state index contributed by atoms with van der Waals surface area (Å²) in [6.07, 6.45) is 4.50. The Bertz CT molecular complexity index is 762. The van der Waals surface area contributed by atoms with Gasteiger partial charge in [-0.15, -0.1) is 0 Å². The zero-order valence-electron chi connectivity index (χ0n) is 12.3. The van der Waals surface area contributed by atoms with Crippen LogP contribution in [0.2, 0.25) is 0 Å². The number of fused-ring (bicyclic) bond motifs is 1. The molecule has 0 aliphatic heterocycles. The molecule has 4 nitrogen and oxygen atoms in total. The van der Waals surface area contributed by atoms with E-state index in [1.165, 1.54) is 0 Å². The van der Waals surface area contributed by atoms with E-state index in [9.17, 15) is 0 Å². The first-order valence-corrected chi connectivity index (χ1v) is 7.21. The quantitative estimate of drug-likeness (QED) is 0.788. The number of aromatic nitrogens is 3. The van der Waals surface area contributed by atoms with E-state index in [2.05, 4.69) is 46.2 Å². The second-order valence-electron chi connectivity index (χ2n) is 5.00. The summed E-state index contributed by atoms with van der Waals surface area (Å²) in [6.45, 7) is 5.11. The van der Waals surface area contributed by atoms with Gasteiger partial charge in [0.2, 0.25) is 0 Å². The van der Waals surface area contributed by atoms with Crippen molar-refractivity contribution in [2.45, 2.75) is 20.3 Å². The zero-order valence-corrected chi connectivity index (χ0v) is 12.3. The smallest absolute Gasteiger partial charge is 0.132 e. The van der Waals surface area contributed by atoms with Crippen molar-refractivity contribution in [3.05, 3.63) is 48.4 Å². The van der Waals surface area contributed by atoms with Crippen molar-refractivity contribution in [1.82, 2.24) is 15.0 Å². The molecule has 0 radical (unpaired) electrons. The standard InChI is InChI=1S/C17H18N4/c1-3-9-19-17-12(2)16(20-11-21-17)14-6-4-8-15-13(14)7-5-10-18-15/h4-8,10-11H,3,9H2,1-2H3,(H,19,20,21). The van der Waals surface area contributed by atoms with Crippen LogP contribution in [0.4, 0.5) is 5.82 Å². The molecule has 0 saturated heterocycles. The van der Waals surface area contributed by atoms with Crippen molar-refractivity contribution in [2.24, 2.45) is 0 Å². The summed E-state index contributed by atoms with van der Waals surface area (Å²) >= 11 is 0. The number of pyridine rings is 1. The van der Waals surface area contributed by atoms with Gasteiger partial charge in [0.15, 0.2) is 0 Å². The highest BCUT2D eigenvalue weighted by Gasteiger charge is 2.11. The third kappa shape index (κ3) is 2.57. The van der Waals surface area contributed by atoms with E-state index < -0.39 is 0 Å². The predicted octanol–water partition coefficient (Wildman–Crippen LogP) is 3.82. The lowest BCUT2D eigenvalue weighted by atomic mass is 10.0. The monoisotopic (exact) mass is 278 g/mol. The van der Waals surface area contributed by atoms with Gasteiger partial charge in [0.05, 0.1) is 11.2 Å². The predicted molar refractivity (Wildman–Crippen MR) is 86.3 cm³/mol. The molecule has 4 heteroatoms. The molecule has 0 atom stereocenters. The van der Waals surface area contributed by atoms with Crippen LogP contribution in [-0.4, -0.2) is 21.5 Å². The second-order valence-corrected chi connectivity index (χ2v) is 5.00. The van der Waals surface area contributed by atoms with E-state index in [1.54, 1.807) is 6.33 Å². The number of nitrogens with one attached hydrogen (secondary N) is 1. The summed E-state index contributed by atoms with van der Waals surface area (Å²) in [5, 5.41) is 4.47. The van der Waals surface area contributed by atoms with Crippen molar-refractivity contribution >= 4 is 16.7 Å². The summed E-state index contributed by atoms with van der Waals surface area (Å²) in [5.41, 5.74) is 4.11. The van der Waals surface area contributed by atoms with Crippen LogP contribution in [-0.2, 0) is 0 Å². The van der Waals surface area contributed by atoms with Crippen LogP contribution >= 0.6 is 0 Å². The van der Waals surface area contributed by atoms with Gasteiger partial charge in [-0.2, -0.15) is 0 Å². The number of anilines is 1. The van der Waals surface area contributed by atoms with Crippen molar-refractivity contribution in [1.29, 1.82) is 0 Å². The molecule has 0 saturated carbocycles. The molecule has 1 aromatic carbocycles. The van der Waals surface area contributed by atoms with Gasteiger partial charge >= 0.3 is 0 Å². The molecule has 0 amide bonds. The fourth-order valence-corrected chi connectivity index (χ4v) is 2.45. The molecule has 0 aliphatic carbocycles. The van der Waals surface area contributed by atoms with Crippen LogP contribution in [0, 0.1) is 6.92 Å². The molecule has 2 heterocycles. The zero-order chi connectivity index (χ0) is 14.7. The topological polar surface area (TPSA) is 50.7 Å². The lowest BCUT2D eigenvalue weighted by Crippen LogP contribution is -2.05. The van der Waals surface area contributed by atoms with E-state index >= 15 is 0 Å². The van der Waals surface area contributed by atoms with Gasteiger partial charge in [-0.3, -0.25) is 4.98 Å². The Kier molecular flexibility index (Phi) is 3.77. The molecule has 2 aromatic heterocycles. The minimum atomic E-state index is 0.905. The molecule has 3 aromatic rings. The number of rotatable bonds is 4. The second kappa shape index (κ2) is 5.87. The maximum absolute atomic E-state index is 4.49. The Morgan fingerprint density at radius 2 is 1.95 bits per heavy atom. The largest absolute Gasteiger partial charge is 0.370 e. The normalized spacial score (nSPS) is 10.8. The highest BCUT2D eigenvalue weighted by atomic mass is 15.0. The maximum Gasteiger partial charge on any atom is 0.132 e. The lowest BCUT2D eigenvalue weighted by Gasteiger charge is -2.12. The Morgan fingerprint density at radius 1 is 1.05 bits per heavy atom. The number of hydrogen-bond acceptors (Lipinski definition) is 4. The molecule has 0 unspecified atom stereocenters. The molecular formula is C17H18N4. The molecule has 1 N–H and O–H groups in total. The van der Waals surface area contributed by atoms with E-state index in [0.29, 0.717) is 0 Å². The average molecular weight is 278 g/mol. The minimum absolute atomic E-state index is 0.905. The highest BCUT2D eigenvalue weighted by molar-refractivity contribution is 5.94. The first-order chi connectivity index (χ1) is 10.3. The highest BCUT2D eigenvalue weighted by Crippen LogP contribution is 2.30. The summed E-state index contributed by atoms with van der Waals surface area (Å²) < 4.78 is 0. The Morgan fingerprint density at radius 3 is 2.81 bits per heavy atom. The van der Waals surface area contributed by atoms with Crippen LogP contribution in [0.1, 0.15) is 18.9 Å². The summed E-state index contributed by atoms with van der Waals surface area (Å²) in [6, 6.07) is 10.2. The Balaban J connectivity index is 2.15. The number of hydrogen-bond donors (Lipinski definition) is 1. The molecule has 0 aliphatic rings. The molecule has 0 bridgehead atoms. The van der Waals surface area contributed by atoms with Gasteiger partial charge in [0.1, 0.15) is 12.1 Å². The van der Waals surface area contributed by atoms with Crippen molar-refractivity contribution < 1.29 is 0 Å². The minimum Gasteiger partial charge on any atom is -0.370 e. The van der Waals surface area contributed by atoms with E-state index in [-0.39, 0.29) is 0 Å².